The summed E-state index contributed by atoms with van der Waals surface area (Å²) in [6, 6.07) is 2.13. The van der Waals surface area contributed by atoms with Gasteiger partial charge in [0.25, 0.3) is 0 Å². The third-order valence-corrected chi connectivity index (χ3v) is 3.32. The lowest BCUT2D eigenvalue weighted by Crippen LogP contribution is -2.33. The van der Waals surface area contributed by atoms with Crippen molar-refractivity contribution in [2.75, 3.05) is 37.5 Å². The molecule has 1 atom stereocenters. The number of hydrogen-bond acceptors (Lipinski definition) is 7. The fourth-order valence-corrected chi connectivity index (χ4v) is 2.49. The highest BCUT2D eigenvalue weighted by Crippen LogP contribution is 2.14. The lowest BCUT2D eigenvalue weighted by Gasteiger charge is -2.22. The standard InChI is InChI=1S/C13H24N6O/c1-10(8-19-5-3-4-6-19)15-11-7-12(18-14)17-13(16-11)9-20-2/h7,10H,3-6,8-9,14H2,1-2H3,(H2,15,16,17,18). The van der Waals surface area contributed by atoms with Gasteiger partial charge in [-0.15, -0.1) is 0 Å². The third kappa shape index (κ3) is 4.29. The first kappa shape index (κ1) is 15.0. The van der Waals surface area contributed by atoms with Crippen molar-refractivity contribution in [1.29, 1.82) is 0 Å². The Morgan fingerprint density at radius 3 is 2.70 bits per heavy atom. The highest BCUT2D eigenvalue weighted by atomic mass is 16.5. The van der Waals surface area contributed by atoms with Crippen LogP contribution in [0, 0.1) is 0 Å². The number of methoxy groups -OCH3 is 1. The summed E-state index contributed by atoms with van der Waals surface area (Å²) in [5, 5.41) is 3.40. The van der Waals surface area contributed by atoms with E-state index in [-0.39, 0.29) is 0 Å². The van der Waals surface area contributed by atoms with Crippen molar-refractivity contribution in [2.24, 2.45) is 5.84 Å². The van der Waals surface area contributed by atoms with Gasteiger partial charge in [-0.05, 0) is 32.9 Å². The number of nitrogen functional groups attached to an aromatic ring is 1. The average molecular weight is 280 g/mol. The first-order valence-corrected chi connectivity index (χ1v) is 7.03. The zero-order chi connectivity index (χ0) is 14.4. The zero-order valence-corrected chi connectivity index (χ0v) is 12.2. The Morgan fingerprint density at radius 2 is 2.05 bits per heavy atom. The normalized spacial score (nSPS) is 17.1. The Kier molecular flexibility index (Phi) is 5.51. The van der Waals surface area contributed by atoms with Gasteiger partial charge in [0.2, 0.25) is 0 Å². The molecule has 0 radical (unpaired) electrons. The SMILES string of the molecule is COCc1nc(NN)cc(NC(C)CN2CCCC2)n1. The van der Waals surface area contributed by atoms with Gasteiger partial charge < -0.3 is 20.4 Å². The lowest BCUT2D eigenvalue weighted by atomic mass is 10.3. The number of nitrogens with two attached hydrogens (primary N) is 1. The molecule has 0 aromatic carbocycles. The number of ether oxygens (including phenoxy) is 1. The fraction of sp³-hybridized carbons (Fsp3) is 0.692. The van der Waals surface area contributed by atoms with E-state index in [0.29, 0.717) is 24.3 Å². The summed E-state index contributed by atoms with van der Waals surface area (Å²) in [5.41, 5.74) is 2.56. The maximum Gasteiger partial charge on any atom is 0.158 e. The summed E-state index contributed by atoms with van der Waals surface area (Å²) in [4.78, 5) is 11.1. The van der Waals surface area contributed by atoms with Gasteiger partial charge >= 0.3 is 0 Å². The Morgan fingerprint density at radius 1 is 1.35 bits per heavy atom. The van der Waals surface area contributed by atoms with Crippen molar-refractivity contribution < 1.29 is 4.74 Å². The van der Waals surface area contributed by atoms with Crippen LogP contribution in [0.3, 0.4) is 0 Å². The van der Waals surface area contributed by atoms with Crippen molar-refractivity contribution in [3.63, 3.8) is 0 Å². The molecule has 7 heteroatoms. The molecule has 0 saturated carbocycles. The third-order valence-electron chi connectivity index (χ3n) is 3.32. The van der Waals surface area contributed by atoms with Crippen LogP contribution < -0.4 is 16.6 Å². The summed E-state index contributed by atoms with van der Waals surface area (Å²) in [5.74, 6) is 7.40. The number of hydrogen-bond donors (Lipinski definition) is 3. The summed E-state index contributed by atoms with van der Waals surface area (Å²) < 4.78 is 5.07. The molecule has 20 heavy (non-hydrogen) atoms. The predicted molar refractivity (Wildman–Crippen MR) is 79.3 cm³/mol. The molecule has 2 heterocycles. The second kappa shape index (κ2) is 7.37. The summed E-state index contributed by atoms with van der Waals surface area (Å²) in [6.07, 6.45) is 2.61. The molecule has 1 saturated heterocycles. The first-order valence-electron chi connectivity index (χ1n) is 7.03. The van der Waals surface area contributed by atoms with Crippen LogP contribution in [-0.2, 0) is 11.3 Å². The molecule has 0 amide bonds. The number of aromatic nitrogens is 2. The largest absolute Gasteiger partial charge is 0.377 e. The minimum atomic E-state index is 0.323. The second-order valence-electron chi connectivity index (χ2n) is 5.19. The minimum Gasteiger partial charge on any atom is -0.377 e. The van der Waals surface area contributed by atoms with Crippen LogP contribution in [0.4, 0.5) is 11.6 Å². The highest BCUT2D eigenvalue weighted by Gasteiger charge is 2.15. The minimum absolute atomic E-state index is 0.323. The number of rotatable bonds is 7. The van der Waals surface area contributed by atoms with Gasteiger partial charge in [0, 0.05) is 25.8 Å². The van der Waals surface area contributed by atoms with E-state index in [2.05, 4.69) is 32.5 Å². The lowest BCUT2D eigenvalue weighted by molar-refractivity contribution is 0.178. The van der Waals surface area contributed by atoms with Crippen molar-refractivity contribution >= 4 is 11.6 Å². The van der Waals surface area contributed by atoms with Crippen molar-refractivity contribution in [2.45, 2.75) is 32.4 Å². The summed E-state index contributed by atoms with van der Waals surface area (Å²) in [6.45, 7) is 5.94. The van der Waals surface area contributed by atoms with Crippen molar-refractivity contribution in [3.8, 4) is 0 Å². The van der Waals surface area contributed by atoms with Crippen LogP contribution in [0.25, 0.3) is 0 Å². The summed E-state index contributed by atoms with van der Waals surface area (Å²) in [7, 11) is 1.62. The van der Waals surface area contributed by atoms with Gasteiger partial charge in [0.05, 0.1) is 0 Å². The predicted octanol–water partition coefficient (Wildman–Crippen LogP) is 0.805. The highest BCUT2D eigenvalue weighted by molar-refractivity contribution is 5.47. The van der Waals surface area contributed by atoms with E-state index >= 15 is 0 Å². The van der Waals surface area contributed by atoms with Gasteiger partial charge in [-0.1, -0.05) is 0 Å². The molecule has 112 valence electrons. The van der Waals surface area contributed by atoms with E-state index < -0.39 is 0 Å². The molecule has 1 unspecified atom stereocenters. The van der Waals surface area contributed by atoms with Gasteiger partial charge in [-0.25, -0.2) is 15.8 Å². The van der Waals surface area contributed by atoms with Crippen LogP contribution >= 0.6 is 0 Å². The van der Waals surface area contributed by atoms with Gasteiger partial charge in [-0.3, -0.25) is 0 Å². The van der Waals surface area contributed by atoms with E-state index in [9.17, 15) is 0 Å². The maximum absolute atomic E-state index is 5.43. The van der Waals surface area contributed by atoms with Gasteiger partial charge in [0.1, 0.15) is 18.2 Å². The number of anilines is 2. The molecular weight excluding hydrogens is 256 g/mol. The van der Waals surface area contributed by atoms with E-state index in [1.807, 2.05) is 0 Å². The van der Waals surface area contributed by atoms with E-state index in [0.717, 1.165) is 12.4 Å². The van der Waals surface area contributed by atoms with E-state index in [1.165, 1.54) is 25.9 Å². The maximum atomic E-state index is 5.43. The first-order chi connectivity index (χ1) is 9.71. The van der Waals surface area contributed by atoms with Crippen LogP contribution in [0.2, 0.25) is 0 Å². The molecule has 0 bridgehead atoms. The van der Waals surface area contributed by atoms with E-state index in [1.54, 1.807) is 13.2 Å². The Hall–Kier alpha value is -1.44. The average Bonchev–Trinajstić information content (AvgIpc) is 2.91. The molecule has 0 aliphatic carbocycles. The molecule has 7 nitrogen and oxygen atoms in total. The Balaban J connectivity index is 1.97. The van der Waals surface area contributed by atoms with Crippen LogP contribution in [0.5, 0.6) is 0 Å². The molecule has 1 aromatic heterocycles. The Bertz CT molecular complexity index is 421. The second-order valence-corrected chi connectivity index (χ2v) is 5.19. The fourth-order valence-electron chi connectivity index (χ4n) is 2.49. The molecule has 1 aliphatic heterocycles. The number of hydrazine groups is 1. The smallest absolute Gasteiger partial charge is 0.158 e. The van der Waals surface area contributed by atoms with Crippen molar-refractivity contribution in [3.05, 3.63) is 11.9 Å². The van der Waals surface area contributed by atoms with Gasteiger partial charge in [0.15, 0.2) is 5.82 Å². The molecule has 1 aromatic rings. The molecule has 2 rings (SSSR count). The molecular formula is C13H24N6O. The monoisotopic (exact) mass is 280 g/mol. The molecule has 4 N–H and O–H groups in total. The molecule has 1 fully saturated rings. The Labute approximate surface area is 119 Å². The zero-order valence-electron chi connectivity index (χ0n) is 12.2. The number of nitrogens with one attached hydrogen (secondary N) is 2. The topological polar surface area (TPSA) is 88.3 Å². The van der Waals surface area contributed by atoms with E-state index in [4.69, 9.17) is 10.6 Å². The number of likely N-dealkylation sites (tertiary alicyclic amines) is 1. The van der Waals surface area contributed by atoms with Crippen LogP contribution in [0.1, 0.15) is 25.6 Å². The molecule has 1 aliphatic rings. The van der Waals surface area contributed by atoms with Crippen LogP contribution in [-0.4, -0.2) is 47.7 Å². The quantitative estimate of drug-likeness (QED) is 0.503. The summed E-state index contributed by atoms with van der Waals surface area (Å²) >= 11 is 0. The van der Waals surface area contributed by atoms with Gasteiger partial charge in [-0.2, -0.15) is 0 Å². The van der Waals surface area contributed by atoms with Crippen molar-refractivity contribution in [1.82, 2.24) is 14.9 Å². The van der Waals surface area contributed by atoms with Crippen LogP contribution in [0.15, 0.2) is 6.07 Å². The number of nitrogens with zero attached hydrogens (tertiary/aromatic N) is 3. The molecule has 0 spiro atoms.